The van der Waals surface area contributed by atoms with Crippen LogP contribution in [0.15, 0.2) is 12.1 Å². The van der Waals surface area contributed by atoms with Gasteiger partial charge in [0.1, 0.15) is 0 Å². The molecule has 0 spiro atoms. The molecule has 1 aromatic heterocycles. The lowest BCUT2D eigenvalue weighted by Gasteiger charge is -2.28. The fraction of sp³-hybridized carbons (Fsp3) is 0.632. The number of carbonyl (C=O) groups is 3. The minimum absolute atomic E-state index is 0.0744. The molecule has 1 aliphatic heterocycles. The smallest absolute Gasteiger partial charge is 0.309 e. The minimum Gasteiger partial charge on any atom is -0.457 e. The van der Waals surface area contributed by atoms with Crippen molar-refractivity contribution in [2.45, 2.75) is 40.2 Å². The van der Waals surface area contributed by atoms with E-state index in [-0.39, 0.29) is 31.4 Å². The lowest BCUT2D eigenvalue weighted by Crippen LogP contribution is -2.40. The number of amides is 1. The Bertz CT molecular complexity index is 862. The first-order chi connectivity index (χ1) is 13.4. The maximum atomic E-state index is 12.3. The Hall–Kier alpha value is -1.78. The van der Waals surface area contributed by atoms with Crippen molar-refractivity contribution in [2.75, 3.05) is 26.0 Å². The summed E-state index contributed by atoms with van der Waals surface area (Å²) in [7, 11) is -3.25. The Morgan fingerprint density at radius 2 is 1.83 bits per heavy atom. The van der Waals surface area contributed by atoms with Gasteiger partial charge in [0, 0.05) is 23.4 Å². The molecular formula is C19H28N2O6S2. The van der Waals surface area contributed by atoms with Crippen LogP contribution in [0.4, 0.5) is 0 Å². The van der Waals surface area contributed by atoms with E-state index in [0.29, 0.717) is 24.3 Å². The number of piperidine rings is 1. The van der Waals surface area contributed by atoms with Crippen LogP contribution in [0.5, 0.6) is 0 Å². The van der Waals surface area contributed by atoms with E-state index in [1.165, 1.54) is 15.6 Å². The number of hydrogen-bond acceptors (Lipinski definition) is 7. The second-order valence-electron chi connectivity index (χ2n) is 8.17. The van der Waals surface area contributed by atoms with Gasteiger partial charge in [-0.15, -0.1) is 11.3 Å². The molecule has 0 radical (unpaired) electrons. The SMILES string of the molecule is CC(C)(C)C(=O)NCc1ccc(C(=O)COC(=O)C2CCN(S(C)(=O)=O)CC2)s1. The van der Waals surface area contributed by atoms with Crippen LogP contribution in [0.3, 0.4) is 0 Å². The number of sulfonamides is 1. The van der Waals surface area contributed by atoms with Crippen molar-refractivity contribution < 1.29 is 27.5 Å². The third-order valence-corrected chi connectivity index (χ3v) is 7.07. The van der Waals surface area contributed by atoms with Gasteiger partial charge in [-0.2, -0.15) is 0 Å². The third kappa shape index (κ3) is 6.90. The average Bonchev–Trinajstić information content (AvgIpc) is 3.11. The van der Waals surface area contributed by atoms with Crippen LogP contribution in [0.1, 0.15) is 48.2 Å². The predicted octanol–water partition coefficient (Wildman–Crippen LogP) is 1.81. The standard InChI is InChI=1S/C19H28N2O6S2/c1-19(2,3)18(24)20-11-14-5-6-16(28-14)15(22)12-27-17(23)13-7-9-21(10-8-13)29(4,25)26/h5-6,13H,7-12H2,1-4H3,(H,20,24). The van der Waals surface area contributed by atoms with Crippen LogP contribution in [-0.4, -0.2) is 56.3 Å². The number of Topliss-reactive ketones (excluding diaryl/α,β-unsaturated/α-hetero) is 1. The number of carbonyl (C=O) groups excluding carboxylic acids is 3. The van der Waals surface area contributed by atoms with Crippen molar-refractivity contribution in [1.29, 1.82) is 0 Å². The molecule has 0 aromatic carbocycles. The van der Waals surface area contributed by atoms with Crippen LogP contribution in [0.25, 0.3) is 0 Å². The Labute approximate surface area is 175 Å². The van der Waals surface area contributed by atoms with E-state index in [9.17, 15) is 22.8 Å². The van der Waals surface area contributed by atoms with Crippen molar-refractivity contribution in [3.8, 4) is 0 Å². The van der Waals surface area contributed by atoms with E-state index in [1.54, 1.807) is 12.1 Å². The van der Waals surface area contributed by atoms with E-state index >= 15 is 0 Å². The van der Waals surface area contributed by atoms with Gasteiger partial charge in [-0.05, 0) is 25.0 Å². The highest BCUT2D eigenvalue weighted by Crippen LogP contribution is 2.22. The fourth-order valence-electron chi connectivity index (χ4n) is 2.80. The molecule has 1 fully saturated rings. The Kier molecular flexibility index (Phi) is 7.58. The summed E-state index contributed by atoms with van der Waals surface area (Å²) >= 11 is 1.25. The molecule has 0 atom stereocenters. The van der Waals surface area contributed by atoms with Gasteiger partial charge >= 0.3 is 5.97 Å². The first-order valence-corrected chi connectivity index (χ1v) is 12.1. The number of ether oxygens (including phenoxy) is 1. The number of rotatable bonds is 7. The zero-order valence-electron chi connectivity index (χ0n) is 17.2. The van der Waals surface area contributed by atoms with Crippen molar-refractivity contribution in [1.82, 2.24) is 9.62 Å². The minimum atomic E-state index is -3.25. The first kappa shape index (κ1) is 23.5. The molecule has 29 heavy (non-hydrogen) atoms. The topological polar surface area (TPSA) is 110 Å². The normalized spacial score (nSPS) is 16.4. The first-order valence-electron chi connectivity index (χ1n) is 9.40. The summed E-state index contributed by atoms with van der Waals surface area (Å²) in [5.41, 5.74) is -0.485. The van der Waals surface area contributed by atoms with Gasteiger partial charge < -0.3 is 10.1 Å². The van der Waals surface area contributed by atoms with Gasteiger partial charge in [0.05, 0.1) is 23.6 Å². The summed E-state index contributed by atoms with van der Waals surface area (Å²) in [6, 6.07) is 3.42. The molecule has 8 nitrogen and oxygen atoms in total. The number of ketones is 1. The molecule has 1 N–H and O–H groups in total. The molecule has 1 saturated heterocycles. The highest BCUT2D eigenvalue weighted by molar-refractivity contribution is 7.88. The molecule has 0 aliphatic carbocycles. The van der Waals surface area contributed by atoms with E-state index in [4.69, 9.17) is 4.74 Å². The number of thiophene rings is 1. The summed E-state index contributed by atoms with van der Waals surface area (Å²) in [6.45, 7) is 6.02. The molecule has 2 rings (SSSR count). The Morgan fingerprint density at radius 1 is 1.21 bits per heavy atom. The summed E-state index contributed by atoms with van der Waals surface area (Å²) in [4.78, 5) is 37.7. The maximum absolute atomic E-state index is 12.3. The van der Waals surface area contributed by atoms with Gasteiger partial charge in [-0.25, -0.2) is 12.7 Å². The van der Waals surface area contributed by atoms with Gasteiger partial charge in [0.15, 0.2) is 6.61 Å². The van der Waals surface area contributed by atoms with Crippen molar-refractivity contribution >= 4 is 39.0 Å². The maximum Gasteiger partial charge on any atom is 0.309 e. The zero-order valence-corrected chi connectivity index (χ0v) is 18.8. The molecule has 1 aromatic rings. The van der Waals surface area contributed by atoms with Crippen LogP contribution < -0.4 is 5.32 Å². The van der Waals surface area contributed by atoms with Crippen molar-refractivity contribution in [3.63, 3.8) is 0 Å². The van der Waals surface area contributed by atoms with Crippen molar-refractivity contribution in [2.24, 2.45) is 11.3 Å². The molecule has 10 heteroatoms. The van der Waals surface area contributed by atoms with Gasteiger partial charge in [0.2, 0.25) is 21.7 Å². The summed E-state index contributed by atoms with van der Waals surface area (Å²) in [5.74, 6) is -1.24. The average molecular weight is 445 g/mol. The van der Waals surface area contributed by atoms with Crippen molar-refractivity contribution in [3.05, 3.63) is 21.9 Å². The second-order valence-corrected chi connectivity index (χ2v) is 11.3. The molecule has 1 amide bonds. The lowest BCUT2D eigenvalue weighted by atomic mass is 9.96. The van der Waals surface area contributed by atoms with E-state index < -0.39 is 27.3 Å². The molecule has 162 valence electrons. The largest absolute Gasteiger partial charge is 0.457 e. The molecule has 0 unspecified atom stereocenters. The molecule has 0 bridgehead atoms. The van der Waals surface area contributed by atoms with E-state index in [1.807, 2.05) is 20.8 Å². The number of hydrogen-bond donors (Lipinski definition) is 1. The summed E-state index contributed by atoms with van der Waals surface area (Å²) in [6.07, 6.45) is 1.92. The van der Waals surface area contributed by atoms with Crippen LogP contribution >= 0.6 is 11.3 Å². The third-order valence-electron chi connectivity index (χ3n) is 4.64. The number of nitrogens with zero attached hydrogens (tertiary/aromatic N) is 1. The van der Waals surface area contributed by atoms with Gasteiger partial charge in [-0.3, -0.25) is 14.4 Å². The van der Waals surface area contributed by atoms with Gasteiger partial charge in [0.25, 0.3) is 0 Å². The fourth-order valence-corrected chi connectivity index (χ4v) is 4.55. The number of esters is 1. The summed E-state index contributed by atoms with van der Waals surface area (Å²) < 4.78 is 29.5. The Morgan fingerprint density at radius 3 is 2.38 bits per heavy atom. The quantitative estimate of drug-likeness (QED) is 0.507. The van der Waals surface area contributed by atoms with Gasteiger partial charge in [-0.1, -0.05) is 20.8 Å². The highest BCUT2D eigenvalue weighted by atomic mass is 32.2. The second kappa shape index (κ2) is 9.36. The Balaban J connectivity index is 1.79. The monoisotopic (exact) mass is 444 g/mol. The predicted molar refractivity (Wildman–Crippen MR) is 110 cm³/mol. The highest BCUT2D eigenvalue weighted by Gasteiger charge is 2.30. The van der Waals surface area contributed by atoms with Crippen LogP contribution in [0, 0.1) is 11.3 Å². The molecule has 0 saturated carbocycles. The molecule has 2 heterocycles. The van der Waals surface area contributed by atoms with E-state index in [0.717, 1.165) is 11.1 Å². The number of nitrogens with one attached hydrogen (secondary N) is 1. The summed E-state index contributed by atoms with van der Waals surface area (Å²) in [5, 5.41) is 2.83. The van der Waals surface area contributed by atoms with Crippen LogP contribution in [-0.2, 0) is 30.9 Å². The van der Waals surface area contributed by atoms with E-state index in [2.05, 4.69) is 5.32 Å². The zero-order chi connectivity index (χ0) is 21.8. The lowest BCUT2D eigenvalue weighted by molar-refractivity contribution is -0.148. The molecule has 1 aliphatic rings. The molecular weight excluding hydrogens is 416 g/mol. The van der Waals surface area contributed by atoms with Crippen LogP contribution in [0.2, 0.25) is 0 Å².